The Hall–Kier alpha value is -1.86. The van der Waals surface area contributed by atoms with Crippen LogP contribution in [0.2, 0.25) is 0 Å². The van der Waals surface area contributed by atoms with Crippen LogP contribution >= 0.6 is 11.3 Å². The lowest BCUT2D eigenvalue weighted by Gasteiger charge is -2.05. The van der Waals surface area contributed by atoms with Gasteiger partial charge in [-0.1, -0.05) is 24.3 Å². The Morgan fingerprint density at radius 2 is 2.39 bits per heavy atom. The molecule has 0 aliphatic rings. The second-order valence-corrected chi connectivity index (χ2v) is 5.43. The summed E-state index contributed by atoms with van der Waals surface area (Å²) in [5.41, 5.74) is 2.43. The van der Waals surface area contributed by atoms with Crippen molar-refractivity contribution in [2.24, 2.45) is 5.92 Å². The van der Waals surface area contributed by atoms with Gasteiger partial charge in [0.25, 0.3) is 0 Å². The summed E-state index contributed by atoms with van der Waals surface area (Å²) >= 11 is 1.69. The average Bonchev–Trinajstić information content (AvgIpc) is 2.95. The third-order valence-electron chi connectivity index (χ3n) is 3.25. The van der Waals surface area contributed by atoms with Crippen molar-refractivity contribution in [3.63, 3.8) is 0 Å². The molecular weight excluding hydrogens is 242 g/mol. The van der Waals surface area contributed by atoms with Gasteiger partial charge in [0.2, 0.25) is 0 Å². The van der Waals surface area contributed by atoms with Gasteiger partial charge in [-0.15, -0.1) is 0 Å². The number of aromatic nitrogens is 2. The minimum absolute atomic E-state index is 0.117. The fourth-order valence-corrected chi connectivity index (χ4v) is 3.23. The molecule has 0 amide bonds. The normalized spacial score (nSPS) is 12.9. The number of fused-ring (bicyclic) bond motifs is 3. The zero-order valence-corrected chi connectivity index (χ0v) is 10.9. The van der Waals surface area contributed by atoms with Gasteiger partial charge < -0.3 is 0 Å². The summed E-state index contributed by atoms with van der Waals surface area (Å²) in [5.74, 6) is 0.117. The number of rotatable bonds is 3. The maximum absolute atomic E-state index is 9.02. The summed E-state index contributed by atoms with van der Waals surface area (Å²) in [6.45, 7) is 2.06. The molecule has 3 rings (SSSR count). The third-order valence-corrected chi connectivity index (χ3v) is 4.28. The first-order valence-electron chi connectivity index (χ1n) is 6.06. The zero-order valence-electron chi connectivity index (χ0n) is 10.1. The number of nitriles is 1. The molecule has 1 unspecified atom stereocenters. The van der Waals surface area contributed by atoms with Gasteiger partial charge in [-0.05, 0) is 30.5 Å². The van der Waals surface area contributed by atoms with Crippen molar-refractivity contribution in [3.05, 3.63) is 36.2 Å². The van der Waals surface area contributed by atoms with Gasteiger partial charge in [0.05, 0.1) is 22.2 Å². The summed E-state index contributed by atoms with van der Waals surface area (Å²) in [4.78, 5) is 5.33. The molecule has 0 aliphatic carbocycles. The fourth-order valence-electron chi connectivity index (χ4n) is 2.18. The molecule has 2 heterocycles. The van der Waals surface area contributed by atoms with Gasteiger partial charge in [-0.25, -0.2) is 4.98 Å². The van der Waals surface area contributed by atoms with Crippen molar-refractivity contribution in [2.45, 2.75) is 19.8 Å². The van der Waals surface area contributed by atoms with Crippen LogP contribution in [0.4, 0.5) is 0 Å². The van der Waals surface area contributed by atoms with Gasteiger partial charge in [0.1, 0.15) is 0 Å². The molecule has 2 aromatic heterocycles. The Labute approximate surface area is 109 Å². The van der Waals surface area contributed by atoms with Gasteiger partial charge in [-0.3, -0.25) is 4.40 Å². The van der Waals surface area contributed by atoms with Crippen molar-refractivity contribution in [1.29, 1.82) is 5.26 Å². The highest BCUT2D eigenvalue weighted by molar-refractivity contribution is 7.23. The number of hydrogen-bond donors (Lipinski definition) is 0. The molecule has 3 nitrogen and oxygen atoms in total. The van der Waals surface area contributed by atoms with Crippen LogP contribution in [0, 0.1) is 17.2 Å². The Balaban J connectivity index is 2.03. The summed E-state index contributed by atoms with van der Waals surface area (Å²) in [5, 5.41) is 9.02. The predicted molar refractivity (Wildman–Crippen MR) is 73.7 cm³/mol. The molecule has 0 aliphatic heterocycles. The second-order valence-electron chi connectivity index (χ2n) is 4.42. The van der Waals surface area contributed by atoms with E-state index in [-0.39, 0.29) is 5.92 Å². The number of hydrogen-bond acceptors (Lipinski definition) is 3. The molecule has 18 heavy (non-hydrogen) atoms. The molecule has 0 saturated heterocycles. The highest BCUT2D eigenvalue weighted by Crippen LogP contribution is 2.27. The Morgan fingerprint density at radius 3 is 3.17 bits per heavy atom. The van der Waals surface area contributed by atoms with E-state index in [2.05, 4.69) is 40.6 Å². The Morgan fingerprint density at radius 1 is 1.50 bits per heavy atom. The van der Waals surface area contributed by atoms with E-state index in [0.29, 0.717) is 0 Å². The minimum atomic E-state index is 0.117. The fraction of sp³-hybridized carbons (Fsp3) is 0.286. The monoisotopic (exact) mass is 255 g/mol. The van der Waals surface area contributed by atoms with E-state index in [0.717, 1.165) is 17.8 Å². The van der Waals surface area contributed by atoms with Crippen LogP contribution in [0.5, 0.6) is 0 Å². The van der Waals surface area contributed by atoms with Gasteiger partial charge in [0, 0.05) is 12.4 Å². The largest absolute Gasteiger partial charge is 0.290 e. The van der Waals surface area contributed by atoms with Gasteiger partial charge in [-0.2, -0.15) is 5.26 Å². The zero-order chi connectivity index (χ0) is 12.5. The van der Waals surface area contributed by atoms with Crippen molar-refractivity contribution >= 4 is 26.5 Å². The minimum Gasteiger partial charge on any atom is -0.290 e. The van der Waals surface area contributed by atoms with Crippen molar-refractivity contribution in [2.75, 3.05) is 0 Å². The van der Waals surface area contributed by atoms with Crippen LogP contribution < -0.4 is 0 Å². The lowest BCUT2D eigenvalue weighted by Crippen LogP contribution is -1.99. The Kier molecular flexibility index (Phi) is 2.77. The number of imidazole rings is 1. The third kappa shape index (κ3) is 1.77. The standard InChI is InChI=1S/C14H13N3S/c1-2-10(9-15)7-11-3-4-12-13(8-11)18-14-16-5-6-17(12)14/h3-6,8,10H,2,7H2,1H3. The summed E-state index contributed by atoms with van der Waals surface area (Å²) in [6.07, 6.45) is 5.55. The van der Waals surface area contributed by atoms with Crippen LogP contribution in [0.15, 0.2) is 30.6 Å². The highest BCUT2D eigenvalue weighted by Gasteiger charge is 2.09. The van der Waals surface area contributed by atoms with E-state index < -0.39 is 0 Å². The van der Waals surface area contributed by atoms with E-state index in [4.69, 9.17) is 5.26 Å². The molecular formula is C14H13N3S. The lowest BCUT2D eigenvalue weighted by molar-refractivity contribution is 0.638. The molecule has 1 aromatic carbocycles. The smallest absolute Gasteiger partial charge is 0.194 e. The summed E-state index contributed by atoms with van der Waals surface area (Å²) in [7, 11) is 0. The van der Waals surface area contributed by atoms with E-state index >= 15 is 0 Å². The number of benzene rings is 1. The van der Waals surface area contributed by atoms with Crippen LogP contribution in [0.3, 0.4) is 0 Å². The second kappa shape index (κ2) is 4.43. The van der Waals surface area contributed by atoms with Crippen LogP contribution in [-0.2, 0) is 6.42 Å². The maximum Gasteiger partial charge on any atom is 0.194 e. The first kappa shape index (κ1) is 11.2. The lowest BCUT2D eigenvalue weighted by atomic mass is 9.98. The average molecular weight is 255 g/mol. The predicted octanol–water partition coefficient (Wildman–Crippen LogP) is 3.64. The molecule has 3 aromatic rings. The molecule has 0 fully saturated rings. The van der Waals surface area contributed by atoms with E-state index in [1.54, 1.807) is 11.3 Å². The Bertz CT molecular complexity index is 732. The molecule has 0 saturated carbocycles. The van der Waals surface area contributed by atoms with Crippen LogP contribution in [0.25, 0.3) is 15.2 Å². The van der Waals surface area contributed by atoms with Gasteiger partial charge >= 0.3 is 0 Å². The van der Waals surface area contributed by atoms with Crippen LogP contribution in [-0.4, -0.2) is 9.38 Å². The van der Waals surface area contributed by atoms with Crippen LogP contribution in [0.1, 0.15) is 18.9 Å². The number of thiazole rings is 1. The van der Waals surface area contributed by atoms with Crippen molar-refractivity contribution in [1.82, 2.24) is 9.38 Å². The topological polar surface area (TPSA) is 41.1 Å². The molecule has 0 spiro atoms. The summed E-state index contributed by atoms with van der Waals surface area (Å²) < 4.78 is 3.34. The van der Waals surface area contributed by atoms with Crippen molar-refractivity contribution in [3.8, 4) is 6.07 Å². The van der Waals surface area contributed by atoms with E-state index in [9.17, 15) is 0 Å². The van der Waals surface area contributed by atoms with E-state index in [1.807, 2.05) is 12.4 Å². The molecule has 0 N–H and O–H groups in total. The maximum atomic E-state index is 9.02. The molecule has 0 bridgehead atoms. The SMILES string of the molecule is CCC(C#N)Cc1ccc2c(c1)sc1nccn12. The highest BCUT2D eigenvalue weighted by atomic mass is 32.1. The molecule has 0 radical (unpaired) electrons. The quantitative estimate of drug-likeness (QED) is 0.717. The first-order chi connectivity index (χ1) is 8.81. The molecule has 4 heteroatoms. The number of nitrogens with zero attached hydrogens (tertiary/aromatic N) is 3. The molecule has 90 valence electrons. The van der Waals surface area contributed by atoms with Gasteiger partial charge in [0.15, 0.2) is 4.96 Å². The summed E-state index contributed by atoms with van der Waals surface area (Å²) in [6, 6.07) is 8.79. The van der Waals surface area contributed by atoms with E-state index in [1.165, 1.54) is 15.8 Å². The first-order valence-corrected chi connectivity index (χ1v) is 6.87. The molecule has 1 atom stereocenters. The van der Waals surface area contributed by atoms with Crippen molar-refractivity contribution < 1.29 is 0 Å².